The standard InChI is InChI=1S/C32H28F6N4O3.ClH/c1-39-27(43)17-42-26(29(44)20-9-2-5-11-22(20)31(33,34)35)16-41-25(14-18-15-40-24-13-7-4-8-19(18)24)28(42)30(45)21-10-3-6-12-23(21)32(36,37)38;/h2-13,15,25-26,28,40-41H,14,16-17H2,1H3,(H,39,43);1H. The van der Waals surface area contributed by atoms with Gasteiger partial charge in [0.25, 0.3) is 0 Å². The Morgan fingerprint density at radius 3 is 1.96 bits per heavy atom. The first kappa shape index (κ1) is 34.7. The summed E-state index contributed by atoms with van der Waals surface area (Å²) in [6.45, 7) is -0.919. The number of nitrogens with zero attached hydrogens (tertiary/aromatic N) is 1. The van der Waals surface area contributed by atoms with Crippen molar-refractivity contribution in [1.82, 2.24) is 20.5 Å². The van der Waals surface area contributed by atoms with E-state index in [-0.39, 0.29) is 25.4 Å². The summed E-state index contributed by atoms with van der Waals surface area (Å²) in [4.78, 5) is 45.1. The van der Waals surface area contributed by atoms with E-state index >= 15 is 0 Å². The summed E-state index contributed by atoms with van der Waals surface area (Å²) in [6, 6.07) is 11.5. The number of alkyl halides is 6. The van der Waals surface area contributed by atoms with Crippen molar-refractivity contribution >= 4 is 40.8 Å². The Kier molecular flexibility index (Phi) is 10.3. The molecule has 5 rings (SSSR count). The van der Waals surface area contributed by atoms with Gasteiger partial charge in [-0.25, -0.2) is 0 Å². The average Bonchev–Trinajstić information content (AvgIpc) is 3.42. The second kappa shape index (κ2) is 13.7. The number of para-hydroxylation sites is 1. The molecule has 3 aromatic carbocycles. The number of carbonyl (C=O) groups excluding carboxylic acids is 3. The molecule has 4 aromatic rings. The first-order valence-corrected chi connectivity index (χ1v) is 14.0. The molecule has 1 saturated heterocycles. The smallest absolute Gasteiger partial charge is 0.361 e. The molecule has 2 heterocycles. The molecular weight excluding hydrogens is 638 g/mol. The molecule has 244 valence electrons. The number of nitrogens with one attached hydrogen (secondary N) is 3. The number of amides is 1. The number of aromatic nitrogens is 1. The molecule has 0 spiro atoms. The van der Waals surface area contributed by atoms with Gasteiger partial charge in [-0.15, -0.1) is 12.4 Å². The number of carbonyl (C=O) groups is 3. The van der Waals surface area contributed by atoms with E-state index in [1.807, 2.05) is 18.2 Å². The van der Waals surface area contributed by atoms with E-state index in [4.69, 9.17) is 0 Å². The zero-order valence-corrected chi connectivity index (χ0v) is 25.0. The van der Waals surface area contributed by atoms with Gasteiger partial charge in [0.15, 0.2) is 11.6 Å². The predicted octanol–water partition coefficient (Wildman–Crippen LogP) is 5.69. The third kappa shape index (κ3) is 6.96. The summed E-state index contributed by atoms with van der Waals surface area (Å²) in [5.74, 6) is -2.76. The third-order valence-corrected chi connectivity index (χ3v) is 8.00. The molecule has 0 saturated carbocycles. The summed E-state index contributed by atoms with van der Waals surface area (Å²) in [5, 5.41) is 6.24. The number of aromatic amines is 1. The Bertz CT molecular complexity index is 1740. The van der Waals surface area contributed by atoms with Crippen LogP contribution in [0.15, 0.2) is 79.0 Å². The van der Waals surface area contributed by atoms with Crippen molar-refractivity contribution in [3.8, 4) is 0 Å². The quantitative estimate of drug-likeness (QED) is 0.166. The molecular formula is C32H29ClF6N4O3. The van der Waals surface area contributed by atoms with Crippen LogP contribution in [-0.4, -0.2) is 65.6 Å². The van der Waals surface area contributed by atoms with Crippen LogP contribution in [0.1, 0.15) is 37.4 Å². The monoisotopic (exact) mass is 666 g/mol. The fourth-order valence-corrected chi connectivity index (χ4v) is 5.90. The lowest BCUT2D eigenvalue weighted by Crippen LogP contribution is -2.69. The van der Waals surface area contributed by atoms with Gasteiger partial charge in [0, 0.05) is 47.9 Å². The van der Waals surface area contributed by atoms with E-state index < -0.39 is 76.8 Å². The second-order valence-electron chi connectivity index (χ2n) is 10.7. The summed E-state index contributed by atoms with van der Waals surface area (Å²) >= 11 is 0. The summed E-state index contributed by atoms with van der Waals surface area (Å²) in [5.41, 5.74) is -2.32. The van der Waals surface area contributed by atoms with E-state index in [0.29, 0.717) is 5.56 Å². The second-order valence-corrected chi connectivity index (χ2v) is 10.7. The average molecular weight is 667 g/mol. The van der Waals surface area contributed by atoms with Crippen LogP contribution in [0, 0.1) is 0 Å². The molecule has 3 atom stereocenters. The molecule has 46 heavy (non-hydrogen) atoms. The number of Topliss-reactive ketones (excluding diaryl/α,β-unsaturated/α-hetero) is 2. The van der Waals surface area contributed by atoms with Crippen molar-refractivity contribution in [3.05, 3.63) is 107 Å². The fraction of sp³-hybridized carbons (Fsp3) is 0.281. The Morgan fingerprint density at radius 2 is 1.37 bits per heavy atom. The van der Waals surface area contributed by atoms with Crippen LogP contribution in [0.4, 0.5) is 26.3 Å². The third-order valence-electron chi connectivity index (χ3n) is 8.00. The lowest BCUT2D eigenvalue weighted by atomic mass is 9.85. The first-order valence-electron chi connectivity index (χ1n) is 14.0. The number of H-pyrrole nitrogens is 1. The molecule has 1 aliphatic rings. The maximum Gasteiger partial charge on any atom is 0.417 e. The minimum atomic E-state index is -4.91. The normalized spacial score (nSPS) is 19.0. The van der Waals surface area contributed by atoms with E-state index in [2.05, 4.69) is 15.6 Å². The minimum absolute atomic E-state index is 0. The summed E-state index contributed by atoms with van der Waals surface area (Å²) in [6.07, 6.45) is -8.03. The van der Waals surface area contributed by atoms with Gasteiger partial charge in [-0.1, -0.05) is 54.6 Å². The molecule has 14 heteroatoms. The van der Waals surface area contributed by atoms with Gasteiger partial charge in [-0.3, -0.25) is 19.3 Å². The van der Waals surface area contributed by atoms with E-state index in [0.717, 1.165) is 52.2 Å². The fourth-order valence-electron chi connectivity index (χ4n) is 5.90. The molecule has 1 aliphatic heterocycles. The summed E-state index contributed by atoms with van der Waals surface area (Å²) in [7, 11) is 1.29. The molecule has 0 aliphatic carbocycles. The van der Waals surface area contributed by atoms with Crippen molar-refractivity contribution in [2.45, 2.75) is 36.9 Å². The molecule has 1 aromatic heterocycles. The Labute approximate surface area is 265 Å². The van der Waals surface area contributed by atoms with Gasteiger partial charge in [0.05, 0.1) is 29.8 Å². The van der Waals surface area contributed by atoms with Crippen molar-refractivity contribution in [1.29, 1.82) is 0 Å². The zero-order chi connectivity index (χ0) is 32.5. The van der Waals surface area contributed by atoms with Gasteiger partial charge in [0.1, 0.15) is 0 Å². The molecule has 0 bridgehead atoms. The lowest BCUT2D eigenvalue weighted by Gasteiger charge is -2.45. The number of halogens is 7. The summed E-state index contributed by atoms with van der Waals surface area (Å²) < 4.78 is 84.0. The van der Waals surface area contributed by atoms with E-state index in [1.54, 1.807) is 12.3 Å². The van der Waals surface area contributed by atoms with Crippen LogP contribution >= 0.6 is 12.4 Å². The Balaban J connectivity index is 0.00000480. The predicted molar refractivity (Wildman–Crippen MR) is 161 cm³/mol. The van der Waals surface area contributed by atoms with Gasteiger partial charge in [-0.05, 0) is 30.2 Å². The number of ketones is 2. The number of likely N-dealkylation sites (N-methyl/N-ethyl adjacent to an activating group) is 1. The van der Waals surface area contributed by atoms with Crippen molar-refractivity contribution in [3.63, 3.8) is 0 Å². The molecule has 3 N–H and O–H groups in total. The molecule has 1 fully saturated rings. The van der Waals surface area contributed by atoms with Crippen LogP contribution in [0.3, 0.4) is 0 Å². The number of rotatable bonds is 8. The highest BCUT2D eigenvalue weighted by Gasteiger charge is 2.48. The van der Waals surface area contributed by atoms with Crippen LogP contribution in [0.2, 0.25) is 0 Å². The topological polar surface area (TPSA) is 94.3 Å². The van der Waals surface area contributed by atoms with Crippen molar-refractivity contribution in [2.75, 3.05) is 20.1 Å². The Hall–Kier alpha value is -4.20. The van der Waals surface area contributed by atoms with Crippen molar-refractivity contribution < 1.29 is 40.7 Å². The Morgan fingerprint density at radius 1 is 0.826 bits per heavy atom. The van der Waals surface area contributed by atoms with E-state index in [1.165, 1.54) is 19.2 Å². The highest BCUT2D eigenvalue weighted by molar-refractivity contribution is 6.05. The van der Waals surface area contributed by atoms with Crippen molar-refractivity contribution in [2.24, 2.45) is 0 Å². The molecule has 3 unspecified atom stereocenters. The number of hydrogen-bond acceptors (Lipinski definition) is 5. The number of piperazine rings is 1. The van der Waals surface area contributed by atoms with Gasteiger partial charge < -0.3 is 15.6 Å². The van der Waals surface area contributed by atoms with Crippen LogP contribution in [-0.2, 0) is 23.6 Å². The molecule has 7 nitrogen and oxygen atoms in total. The van der Waals surface area contributed by atoms with Gasteiger partial charge >= 0.3 is 12.4 Å². The highest BCUT2D eigenvalue weighted by Crippen LogP contribution is 2.36. The zero-order valence-electron chi connectivity index (χ0n) is 24.2. The lowest BCUT2D eigenvalue weighted by molar-refractivity contribution is -0.138. The van der Waals surface area contributed by atoms with Gasteiger partial charge in [-0.2, -0.15) is 26.3 Å². The molecule has 0 radical (unpaired) electrons. The van der Waals surface area contributed by atoms with E-state index in [9.17, 15) is 40.7 Å². The largest absolute Gasteiger partial charge is 0.417 e. The number of hydrogen-bond donors (Lipinski definition) is 3. The van der Waals surface area contributed by atoms with Crippen LogP contribution in [0.25, 0.3) is 10.9 Å². The van der Waals surface area contributed by atoms with Crippen LogP contribution < -0.4 is 10.6 Å². The number of benzene rings is 3. The van der Waals surface area contributed by atoms with Crippen LogP contribution in [0.5, 0.6) is 0 Å². The highest BCUT2D eigenvalue weighted by atomic mass is 35.5. The minimum Gasteiger partial charge on any atom is -0.361 e. The SMILES string of the molecule is CNC(=O)CN1C(C(=O)c2ccccc2C(F)(F)F)CNC(Cc2c[nH]c3ccccc23)C1C(=O)c1ccccc1C(F)(F)F.Cl. The molecule has 1 amide bonds. The first-order chi connectivity index (χ1) is 21.3. The maximum atomic E-state index is 14.3. The van der Waals surface area contributed by atoms with Gasteiger partial charge in [0.2, 0.25) is 5.91 Å². The maximum absolute atomic E-state index is 14.3. The number of fused-ring (bicyclic) bond motifs is 1.